The summed E-state index contributed by atoms with van der Waals surface area (Å²) in [5.74, 6) is -3.28. The van der Waals surface area contributed by atoms with Crippen LogP contribution in [0.2, 0.25) is 5.02 Å². The Morgan fingerprint density at radius 3 is 1.96 bits per heavy atom. The lowest BCUT2D eigenvalue weighted by atomic mass is 9.75. The van der Waals surface area contributed by atoms with Gasteiger partial charge in [-0.3, -0.25) is 4.79 Å². The lowest BCUT2D eigenvalue weighted by Gasteiger charge is -2.36. The molecule has 160 valence electrons. The van der Waals surface area contributed by atoms with Crippen molar-refractivity contribution >= 4 is 29.3 Å². The van der Waals surface area contributed by atoms with Gasteiger partial charge in [0.05, 0.1) is 0 Å². The fourth-order valence-electron chi connectivity index (χ4n) is 2.79. The molecule has 1 aromatic rings. The molecule has 0 aliphatic heterocycles. The van der Waals surface area contributed by atoms with Crippen molar-refractivity contribution in [1.29, 1.82) is 0 Å². The third-order valence-electron chi connectivity index (χ3n) is 4.25. The minimum atomic E-state index is -2.27. The van der Waals surface area contributed by atoms with Crippen LogP contribution < -0.4 is 5.32 Å². The van der Waals surface area contributed by atoms with Gasteiger partial charge in [-0.1, -0.05) is 36.2 Å². The maximum atomic E-state index is 12.2. The van der Waals surface area contributed by atoms with E-state index in [0.717, 1.165) is 24.8 Å². The summed E-state index contributed by atoms with van der Waals surface area (Å²) in [6.45, 7) is 0. The molecule has 1 aromatic carbocycles. The Hall–Kier alpha value is -2.08. The number of benzene rings is 1. The molecule has 10 nitrogen and oxygen atoms in total. The second kappa shape index (κ2) is 12.4. The molecule has 0 aromatic heterocycles. The number of carbonyl (C=O) groups excluding carboxylic acids is 1. The second-order valence-corrected chi connectivity index (χ2v) is 6.24. The number of ketones is 1. The van der Waals surface area contributed by atoms with Crippen LogP contribution in [0, 0.1) is 0 Å². The average molecular weight is 424 g/mol. The minimum absolute atomic E-state index is 0. The summed E-state index contributed by atoms with van der Waals surface area (Å²) in [6.07, 6.45) is -0.988. The molecule has 1 saturated carbocycles. The van der Waals surface area contributed by atoms with E-state index in [2.05, 4.69) is 5.32 Å². The Labute approximate surface area is 166 Å². The lowest BCUT2D eigenvalue weighted by Crippen LogP contribution is -2.49. The number of Topliss-reactive ketones (excluding diaryl/α,β-unsaturated/α-hetero) is 1. The smallest absolute Gasteiger partial charge is 0.335 e. The Bertz CT molecular complexity index is 652. The predicted molar refractivity (Wildman–Crippen MR) is 100 cm³/mol. The first kappa shape index (κ1) is 28.1. The molecule has 0 amide bonds. The van der Waals surface area contributed by atoms with E-state index in [1.807, 2.05) is 31.3 Å². The monoisotopic (exact) mass is 423 g/mol. The molecular weight excluding hydrogens is 398 g/mol. The SMILES string of the molecule is CN[C@]1(c2ccccc2Cl)CCCCC1=O.O.O.O=C(O)[C@H](O)[C@@H](O)C(=O)O. The highest BCUT2D eigenvalue weighted by Gasteiger charge is 2.41. The summed E-state index contributed by atoms with van der Waals surface area (Å²) >= 11 is 6.20. The van der Waals surface area contributed by atoms with Crippen LogP contribution in [0.25, 0.3) is 0 Å². The summed E-state index contributed by atoms with van der Waals surface area (Å²) in [7, 11) is 1.84. The number of hydrogen-bond donors (Lipinski definition) is 5. The summed E-state index contributed by atoms with van der Waals surface area (Å²) in [4.78, 5) is 31.7. The number of hydrogen-bond acceptors (Lipinski definition) is 6. The van der Waals surface area contributed by atoms with Crippen molar-refractivity contribution in [3.63, 3.8) is 0 Å². The Kier molecular flexibility index (Phi) is 12.5. The van der Waals surface area contributed by atoms with E-state index in [1.54, 1.807) is 0 Å². The topological polar surface area (TPSA) is 207 Å². The number of aliphatic carboxylic acids is 2. The third kappa shape index (κ3) is 6.51. The maximum absolute atomic E-state index is 12.2. The second-order valence-electron chi connectivity index (χ2n) is 5.83. The molecule has 1 aliphatic rings. The largest absolute Gasteiger partial charge is 0.479 e. The number of rotatable bonds is 5. The van der Waals surface area contributed by atoms with Gasteiger partial charge in [-0.25, -0.2) is 9.59 Å². The Morgan fingerprint density at radius 1 is 1.07 bits per heavy atom. The first-order chi connectivity index (χ1) is 12.2. The van der Waals surface area contributed by atoms with Crippen LogP contribution in [0.15, 0.2) is 24.3 Å². The van der Waals surface area contributed by atoms with Crippen LogP contribution >= 0.6 is 11.6 Å². The molecule has 0 unspecified atom stereocenters. The molecule has 0 saturated heterocycles. The number of carboxylic acid groups (broad SMARTS) is 2. The molecule has 9 N–H and O–H groups in total. The zero-order valence-corrected chi connectivity index (χ0v) is 15.9. The maximum Gasteiger partial charge on any atom is 0.335 e. The molecule has 11 heteroatoms. The molecule has 3 atom stereocenters. The molecule has 1 aliphatic carbocycles. The van der Waals surface area contributed by atoms with E-state index >= 15 is 0 Å². The van der Waals surface area contributed by atoms with Gasteiger partial charge in [0.25, 0.3) is 0 Å². The number of carboxylic acids is 2. The standard InChI is InChI=1S/C13H16ClNO.C4H6O6.2H2O/c1-15-13(9-5-4-8-12(13)16)10-6-2-3-7-11(10)14;5-1(3(7)8)2(6)4(9)10;;/h2-3,6-7,15H,4-5,8-9H2,1H3;1-2,5-6H,(H,7,8)(H,9,10);2*1H2/t13-;1-,2-;;/m01../s1. The fraction of sp³-hybridized carbons (Fsp3) is 0.471. The van der Waals surface area contributed by atoms with Gasteiger partial charge in [0.2, 0.25) is 0 Å². The van der Waals surface area contributed by atoms with Crippen molar-refractivity contribution in [2.45, 2.75) is 43.4 Å². The van der Waals surface area contributed by atoms with Crippen LogP contribution in [0.5, 0.6) is 0 Å². The molecular formula is C17H26ClNO9. The highest BCUT2D eigenvalue weighted by atomic mass is 35.5. The third-order valence-corrected chi connectivity index (χ3v) is 4.58. The zero-order chi connectivity index (χ0) is 19.9. The number of aliphatic hydroxyl groups excluding tert-OH is 2. The molecule has 1 fully saturated rings. The quantitative estimate of drug-likeness (QED) is 0.400. The van der Waals surface area contributed by atoms with E-state index in [9.17, 15) is 14.4 Å². The van der Waals surface area contributed by atoms with Crippen LogP contribution in [0.1, 0.15) is 31.2 Å². The number of nitrogens with one attached hydrogen (secondary N) is 1. The Balaban J connectivity index is 0. The lowest BCUT2D eigenvalue weighted by molar-refractivity contribution is -0.165. The van der Waals surface area contributed by atoms with Crippen molar-refractivity contribution in [3.05, 3.63) is 34.9 Å². The summed E-state index contributed by atoms with van der Waals surface area (Å²) in [5.41, 5.74) is 0.361. The highest BCUT2D eigenvalue weighted by molar-refractivity contribution is 6.31. The molecule has 0 radical (unpaired) electrons. The first-order valence-electron chi connectivity index (χ1n) is 7.96. The highest BCUT2D eigenvalue weighted by Crippen LogP contribution is 2.37. The summed E-state index contributed by atoms with van der Waals surface area (Å²) in [6, 6.07) is 7.62. The Morgan fingerprint density at radius 2 is 1.57 bits per heavy atom. The first-order valence-corrected chi connectivity index (χ1v) is 8.34. The van der Waals surface area contributed by atoms with Gasteiger partial charge in [-0.15, -0.1) is 0 Å². The fourth-order valence-corrected chi connectivity index (χ4v) is 3.09. The van der Waals surface area contributed by atoms with Gasteiger partial charge in [-0.05, 0) is 31.5 Å². The van der Waals surface area contributed by atoms with E-state index in [1.165, 1.54) is 0 Å². The van der Waals surface area contributed by atoms with Gasteiger partial charge >= 0.3 is 11.9 Å². The van der Waals surface area contributed by atoms with Crippen molar-refractivity contribution in [1.82, 2.24) is 5.32 Å². The van der Waals surface area contributed by atoms with Gasteiger partial charge in [0, 0.05) is 11.4 Å². The van der Waals surface area contributed by atoms with Gasteiger partial charge in [0.15, 0.2) is 18.0 Å². The average Bonchev–Trinajstić information content (AvgIpc) is 2.62. The van der Waals surface area contributed by atoms with Crippen molar-refractivity contribution in [2.75, 3.05) is 7.05 Å². The van der Waals surface area contributed by atoms with Crippen molar-refractivity contribution < 1.29 is 45.8 Å². The van der Waals surface area contributed by atoms with Gasteiger partial charge in [0.1, 0.15) is 5.54 Å². The molecule has 0 heterocycles. The van der Waals surface area contributed by atoms with Crippen LogP contribution in [0.3, 0.4) is 0 Å². The molecule has 2 rings (SSSR count). The van der Waals surface area contributed by atoms with E-state index < -0.39 is 29.7 Å². The predicted octanol–water partition coefficient (Wildman–Crippen LogP) is -0.874. The minimum Gasteiger partial charge on any atom is -0.479 e. The molecule has 0 bridgehead atoms. The normalized spacial score (nSPS) is 20.4. The molecule has 28 heavy (non-hydrogen) atoms. The van der Waals surface area contributed by atoms with Crippen molar-refractivity contribution in [3.8, 4) is 0 Å². The van der Waals surface area contributed by atoms with E-state index in [4.69, 9.17) is 32.0 Å². The summed E-state index contributed by atoms with van der Waals surface area (Å²) < 4.78 is 0. The number of aliphatic hydroxyl groups is 2. The zero-order valence-electron chi connectivity index (χ0n) is 15.2. The number of carbonyl (C=O) groups is 3. The molecule has 0 spiro atoms. The van der Waals surface area contributed by atoms with E-state index in [0.29, 0.717) is 11.4 Å². The summed E-state index contributed by atoms with van der Waals surface area (Å²) in [5, 5.41) is 36.4. The van der Waals surface area contributed by atoms with Crippen molar-refractivity contribution in [2.24, 2.45) is 0 Å². The van der Waals surface area contributed by atoms with Gasteiger partial charge in [-0.2, -0.15) is 0 Å². The van der Waals surface area contributed by atoms with Crippen LogP contribution in [0.4, 0.5) is 0 Å². The number of likely N-dealkylation sites (N-methyl/N-ethyl adjacent to an activating group) is 1. The van der Waals surface area contributed by atoms with E-state index in [-0.39, 0.29) is 16.7 Å². The number of halogens is 1. The van der Waals surface area contributed by atoms with Crippen LogP contribution in [-0.2, 0) is 19.9 Å². The van der Waals surface area contributed by atoms with Gasteiger partial charge < -0.3 is 36.7 Å². The van der Waals surface area contributed by atoms with Crippen LogP contribution in [-0.4, -0.2) is 68.4 Å².